The van der Waals surface area contributed by atoms with Gasteiger partial charge in [0, 0.05) is 5.41 Å². The van der Waals surface area contributed by atoms with Gasteiger partial charge in [0.15, 0.2) is 4.71 Å². The fraction of sp³-hybridized carbons (Fsp3) is 0.333. The Balaban J connectivity index is 2.30. The molecule has 0 saturated carbocycles. The zero-order valence-electron chi connectivity index (χ0n) is 6.35. The molecule has 0 aliphatic carbocycles. The molecule has 1 atom stereocenters. The highest BCUT2D eigenvalue weighted by Gasteiger charge is 2.33. The minimum atomic E-state index is 0.0150. The van der Waals surface area contributed by atoms with Crippen molar-refractivity contribution in [2.75, 3.05) is 0 Å². The zero-order chi connectivity index (χ0) is 8.72. The predicted molar refractivity (Wildman–Crippen MR) is 51.2 cm³/mol. The minimum absolute atomic E-state index is 0.0150. The van der Waals surface area contributed by atoms with Crippen molar-refractivity contribution < 1.29 is 4.79 Å². The van der Waals surface area contributed by atoms with E-state index in [0.29, 0.717) is 11.5 Å². The average molecular weight is 201 g/mol. The van der Waals surface area contributed by atoms with Gasteiger partial charge in [0.25, 0.3) is 0 Å². The van der Waals surface area contributed by atoms with Gasteiger partial charge in [-0.2, -0.15) is 5.10 Å². The summed E-state index contributed by atoms with van der Waals surface area (Å²) >= 11 is 2.77. The van der Waals surface area contributed by atoms with E-state index in [0.717, 1.165) is 0 Å². The summed E-state index contributed by atoms with van der Waals surface area (Å²) in [6.07, 6.45) is 0. The molecule has 1 unspecified atom stereocenters. The maximum atomic E-state index is 11.2. The van der Waals surface area contributed by atoms with E-state index in [1.807, 2.05) is 5.41 Å². The van der Waals surface area contributed by atoms with Gasteiger partial charge in [-0.25, -0.2) is 5.01 Å². The number of nitrogens with two attached hydrogens (primary N) is 1. The fourth-order valence-electron chi connectivity index (χ4n) is 0.923. The number of carbonyl (C=O) groups is 1. The predicted octanol–water partition coefficient (Wildman–Crippen LogP) is 0.726. The summed E-state index contributed by atoms with van der Waals surface area (Å²) in [5.74, 6) is 0.615. The molecule has 0 aromatic rings. The van der Waals surface area contributed by atoms with Crippen molar-refractivity contribution in [1.29, 1.82) is 0 Å². The van der Waals surface area contributed by atoms with Crippen LogP contribution in [0.1, 0.15) is 6.92 Å². The smallest absolute Gasteiger partial charge is 0.237 e. The van der Waals surface area contributed by atoms with E-state index in [9.17, 15) is 4.79 Å². The largest absolute Gasteiger partial charge is 0.383 e. The van der Waals surface area contributed by atoms with Gasteiger partial charge in [0.05, 0.1) is 0 Å². The van der Waals surface area contributed by atoms with Crippen LogP contribution in [0.5, 0.6) is 0 Å². The van der Waals surface area contributed by atoms with Gasteiger partial charge in [0.1, 0.15) is 11.5 Å². The van der Waals surface area contributed by atoms with E-state index in [1.165, 1.54) is 23.5 Å². The molecule has 2 aliphatic heterocycles. The lowest BCUT2D eigenvalue weighted by atomic mass is 10.5. The quantitative estimate of drug-likeness (QED) is 0.626. The second-order valence-corrected chi connectivity index (χ2v) is 4.73. The minimum Gasteiger partial charge on any atom is -0.383 e. The zero-order valence-corrected chi connectivity index (χ0v) is 7.98. The third kappa shape index (κ3) is 1.11. The number of hydrogen-bond acceptors (Lipinski definition) is 6. The molecule has 64 valence electrons. The summed E-state index contributed by atoms with van der Waals surface area (Å²) in [5, 5.41) is 7.59. The monoisotopic (exact) mass is 201 g/mol. The van der Waals surface area contributed by atoms with Crippen LogP contribution in [-0.4, -0.2) is 20.5 Å². The van der Waals surface area contributed by atoms with Crippen LogP contribution in [0.25, 0.3) is 0 Å². The summed E-state index contributed by atoms with van der Waals surface area (Å²) in [7, 11) is 0. The van der Waals surface area contributed by atoms with E-state index in [2.05, 4.69) is 5.10 Å². The summed E-state index contributed by atoms with van der Waals surface area (Å²) in [5.41, 5.74) is 6.14. The Morgan fingerprint density at radius 2 is 2.50 bits per heavy atom. The Morgan fingerprint density at radius 3 is 3.25 bits per heavy atom. The molecular weight excluding hydrogens is 194 g/mol. The van der Waals surface area contributed by atoms with E-state index >= 15 is 0 Å². The number of fused-ring (bicyclic) bond motifs is 1. The molecule has 0 aromatic carbocycles. The van der Waals surface area contributed by atoms with Crippen LogP contribution in [-0.2, 0) is 4.79 Å². The number of nitrogens with zero attached hydrogens (tertiary/aromatic N) is 2. The van der Waals surface area contributed by atoms with Crippen molar-refractivity contribution in [3.63, 3.8) is 0 Å². The van der Waals surface area contributed by atoms with Crippen LogP contribution < -0.4 is 5.73 Å². The van der Waals surface area contributed by atoms with Crippen LogP contribution >= 0.6 is 23.5 Å². The SMILES string of the molecule is CC1=NN2C(N)=CSC2SC1=O. The molecule has 0 fully saturated rings. The Bertz CT molecular complexity index is 299. The Kier molecular flexibility index (Phi) is 1.80. The summed E-state index contributed by atoms with van der Waals surface area (Å²) in [4.78, 5) is 11.2. The summed E-state index contributed by atoms with van der Waals surface area (Å²) in [6.45, 7) is 1.70. The number of hydrazone groups is 1. The Morgan fingerprint density at radius 1 is 1.75 bits per heavy atom. The molecule has 0 radical (unpaired) electrons. The molecule has 2 heterocycles. The van der Waals surface area contributed by atoms with Crippen LogP contribution in [0, 0.1) is 0 Å². The van der Waals surface area contributed by atoms with Crippen molar-refractivity contribution in [1.82, 2.24) is 5.01 Å². The first-order valence-electron chi connectivity index (χ1n) is 3.35. The molecule has 6 heteroatoms. The van der Waals surface area contributed by atoms with Crippen LogP contribution in [0.3, 0.4) is 0 Å². The third-order valence-electron chi connectivity index (χ3n) is 1.53. The van der Waals surface area contributed by atoms with Crippen LogP contribution in [0.15, 0.2) is 16.3 Å². The molecule has 0 spiro atoms. The highest BCUT2D eigenvalue weighted by atomic mass is 32.2. The van der Waals surface area contributed by atoms with Crippen molar-refractivity contribution in [2.24, 2.45) is 10.8 Å². The molecule has 0 aromatic heterocycles. The lowest BCUT2D eigenvalue weighted by molar-refractivity contribution is -0.105. The molecule has 2 rings (SSSR count). The standard InChI is InChI=1S/C6H7N3OS2/c1-3-5(10)12-6-9(8-3)4(7)2-11-6/h2,6H,7H2,1H3. The molecule has 0 saturated heterocycles. The van der Waals surface area contributed by atoms with Crippen molar-refractivity contribution in [3.05, 3.63) is 11.2 Å². The molecule has 12 heavy (non-hydrogen) atoms. The molecule has 4 nitrogen and oxygen atoms in total. The maximum Gasteiger partial charge on any atom is 0.237 e. The molecule has 0 bridgehead atoms. The van der Waals surface area contributed by atoms with E-state index in [1.54, 1.807) is 11.9 Å². The van der Waals surface area contributed by atoms with Gasteiger partial charge in [0.2, 0.25) is 5.12 Å². The van der Waals surface area contributed by atoms with Crippen molar-refractivity contribution in [2.45, 2.75) is 11.6 Å². The van der Waals surface area contributed by atoms with Crippen molar-refractivity contribution in [3.8, 4) is 0 Å². The maximum absolute atomic E-state index is 11.2. The van der Waals surface area contributed by atoms with E-state index < -0.39 is 0 Å². The van der Waals surface area contributed by atoms with Gasteiger partial charge >= 0.3 is 0 Å². The molecular formula is C6H7N3OS2. The number of thioether (sulfide) groups is 2. The average Bonchev–Trinajstić information content (AvgIpc) is 2.35. The highest BCUT2D eigenvalue weighted by Crippen LogP contribution is 2.39. The second kappa shape index (κ2) is 2.70. The van der Waals surface area contributed by atoms with E-state index in [-0.39, 0.29) is 9.82 Å². The molecule has 0 amide bonds. The topological polar surface area (TPSA) is 58.7 Å². The second-order valence-electron chi connectivity index (χ2n) is 2.42. The van der Waals surface area contributed by atoms with Gasteiger partial charge in [-0.15, -0.1) is 0 Å². The highest BCUT2D eigenvalue weighted by molar-refractivity contribution is 8.26. The fourth-order valence-corrected chi connectivity index (χ4v) is 2.89. The van der Waals surface area contributed by atoms with Gasteiger partial charge in [-0.05, 0) is 18.7 Å². The number of carbonyl (C=O) groups excluding carboxylic acids is 1. The third-order valence-corrected chi connectivity index (χ3v) is 3.87. The summed E-state index contributed by atoms with van der Waals surface area (Å²) < 4.78 is 0.0150. The first kappa shape index (κ1) is 8.00. The lowest BCUT2D eigenvalue weighted by Crippen LogP contribution is -2.32. The van der Waals surface area contributed by atoms with Gasteiger partial charge in [-0.3, -0.25) is 4.79 Å². The molecule has 2 N–H and O–H groups in total. The van der Waals surface area contributed by atoms with Crippen molar-refractivity contribution >= 4 is 34.4 Å². The van der Waals surface area contributed by atoms with Gasteiger partial charge in [-0.1, -0.05) is 11.8 Å². The first-order chi connectivity index (χ1) is 5.68. The molecule has 2 aliphatic rings. The van der Waals surface area contributed by atoms with Crippen LogP contribution in [0.4, 0.5) is 0 Å². The van der Waals surface area contributed by atoms with E-state index in [4.69, 9.17) is 5.73 Å². The first-order valence-corrected chi connectivity index (χ1v) is 5.17. The van der Waals surface area contributed by atoms with Gasteiger partial charge < -0.3 is 5.73 Å². The Hall–Kier alpha value is -0.620. The summed E-state index contributed by atoms with van der Waals surface area (Å²) in [6, 6.07) is 0. The number of rotatable bonds is 0. The normalized spacial score (nSPS) is 28.2. The Labute approximate surface area is 78.2 Å². The van der Waals surface area contributed by atoms with Crippen LogP contribution in [0.2, 0.25) is 0 Å². The lowest BCUT2D eigenvalue weighted by Gasteiger charge is -2.24. The number of hydrogen-bond donors (Lipinski definition) is 1.